The molecule has 1 atom stereocenters. The van der Waals surface area contributed by atoms with Crippen LogP contribution in [0.3, 0.4) is 0 Å². The van der Waals surface area contributed by atoms with E-state index in [1.165, 1.54) is 31.2 Å². The summed E-state index contributed by atoms with van der Waals surface area (Å²) >= 11 is 0. The number of aliphatic hydroxyl groups excluding tert-OH is 1. The van der Waals surface area contributed by atoms with Gasteiger partial charge in [0, 0.05) is 5.69 Å². The van der Waals surface area contributed by atoms with Crippen LogP contribution in [0.5, 0.6) is 5.75 Å². The summed E-state index contributed by atoms with van der Waals surface area (Å²) in [7, 11) is 0. The fourth-order valence-electron chi connectivity index (χ4n) is 1.47. The quantitative estimate of drug-likeness (QED) is 0.409. The number of aromatic hydroxyl groups is 1. The molecule has 2 amide bonds. The number of nitrogens with one attached hydrogen (secondary N) is 3. The van der Waals surface area contributed by atoms with Crippen molar-refractivity contribution in [1.82, 2.24) is 10.9 Å². The van der Waals surface area contributed by atoms with Gasteiger partial charge in [-0.15, -0.1) is 0 Å². The van der Waals surface area contributed by atoms with Gasteiger partial charge in [-0.05, 0) is 52.0 Å². The molecular weight excluding hydrogens is 302 g/mol. The molecule has 0 bridgehead atoms. The molecule has 0 fully saturated rings. The van der Waals surface area contributed by atoms with Crippen LogP contribution in [0.2, 0.25) is 0 Å². The molecule has 8 nitrogen and oxygen atoms in total. The number of phenolic OH excluding ortho intramolecular Hbond substituents is 1. The summed E-state index contributed by atoms with van der Waals surface area (Å²) in [4.78, 5) is 23.9. The summed E-state index contributed by atoms with van der Waals surface area (Å²) in [5.74, 6) is -0.501. The number of carbonyl (C=O) groups excluding carboxylic acids is 2. The number of anilines is 1. The van der Waals surface area contributed by atoms with Crippen LogP contribution in [-0.2, 0) is 9.53 Å². The molecule has 0 saturated heterocycles. The second kappa shape index (κ2) is 7.30. The lowest BCUT2D eigenvalue weighted by Gasteiger charge is -2.28. The average Bonchev–Trinajstić information content (AvgIpc) is 2.45. The van der Waals surface area contributed by atoms with Crippen molar-refractivity contribution in [3.05, 3.63) is 24.3 Å². The lowest BCUT2D eigenvalue weighted by molar-refractivity contribution is -0.123. The minimum Gasteiger partial charge on any atom is -0.508 e. The van der Waals surface area contributed by atoms with Crippen LogP contribution in [0.1, 0.15) is 27.7 Å². The number of hydrazine groups is 1. The van der Waals surface area contributed by atoms with Crippen molar-refractivity contribution in [2.45, 2.75) is 38.8 Å². The van der Waals surface area contributed by atoms with Gasteiger partial charge in [0.15, 0.2) is 0 Å². The van der Waals surface area contributed by atoms with E-state index >= 15 is 0 Å². The predicted molar refractivity (Wildman–Crippen MR) is 84.7 cm³/mol. The molecule has 0 aliphatic heterocycles. The molecule has 8 heteroatoms. The third-order valence-electron chi connectivity index (χ3n) is 2.78. The largest absolute Gasteiger partial charge is 0.508 e. The second-order valence-corrected chi connectivity index (χ2v) is 6.24. The topological polar surface area (TPSA) is 120 Å². The summed E-state index contributed by atoms with van der Waals surface area (Å²) in [5, 5.41) is 21.2. The van der Waals surface area contributed by atoms with E-state index in [1.54, 1.807) is 20.8 Å². The molecule has 1 aromatic rings. The first-order valence-electron chi connectivity index (χ1n) is 7.03. The first-order chi connectivity index (χ1) is 10.6. The van der Waals surface area contributed by atoms with Crippen LogP contribution in [-0.4, -0.2) is 40.0 Å². The highest BCUT2D eigenvalue weighted by Gasteiger charge is 2.33. The van der Waals surface area contributed by atoms with Gasteiger partial charge in [0.25, 0.3) is 0 Å². The maximum Gasteiger partial charge on any atom is 0.422 e. The van der Waals surface area contributed by atoms with E-state index < -0.39 is 29.7 Å². The van der Waals surface area contributed by atoms with Gasteiger partial charge >= 0.3 is 6.09 Å². The lowest BCUT2D eigenvalue weighted by atomic mass is 10.0. The molecule has 1 unspecified atom stereocenters. The molecule has 128 valence electrons. The molecule has 0 aliphatic rings. The van der Waals surface area contributed by atoms with Crippen LogP contribution < -0.4 is 16.2 Å². The van der Waals surface area contributed by atoms with Crippen LogP contribution in [0.4, 0.5) is 10.5 Å². The Morgan fingerprint density at radius 1 is 1.13 bits per heavy atom. The standard InChI is InChI=1S/C15H23N3O5/c1-14(2,3)23-13(22)17-18-15(4,9-19)12(21)16-10-5-7-11(20)8-6-10/h5-8,18-20H,9H2,1-4H3,(H,16,21)(H,17,22). The van der Waals surface area contributed by atoms with Gasteiger partial charge in [0.2, 0.25) is 5.91 Å². The van der Waals surface area contributed by atoms with Crippen LogP contribution >= 0.6 is 0 Å². The van der Waals surface area contributed by atoms with Gasteiger partial charge < -0.3 is 20.3 Å². The molecule has 0 aromatic heterocycles. The van der Waals surface area contributed by atoms with E-state index in [2.05, 4.69) is 16.2 Å². The molecule has 0 aliphatic carbocycles. The molecule has 23 heavy (non-hydrogen) atoms. The maximum absolute atomic E-state index is 12.3. The molecule has 1 rings (SSSR count). The Hall–Kier alpha value is -2.32. The van der Waals surface area contributed by atoms with E-state index in [-0.39, 0.29) is 5.75 Å². The Kier molecular flexibility index (Phi) is 5.94. The fraction of sp³-hybridized carbons (Fsp3) is 0.467. The Morgan fingerprint density at radius 3 is 2.17 bits per heavy atom. The van der Waals surface area contributed by atoms with E-state index in [0.29, 0.717) is 5.69 Å². The van der Waals surface area contributed by atoms with Gasteiger partial charge in [-0.2, -0.15) is 0 Å². The van der Waals surface area contributed by atoms with Crippen LogP contribution in [0, 0.1) is 0 Å². The Balaban J connectivity index is 2.66. The van der Waals surface area contributed by atoms with Gasteiger partial charge in [0.1, 0.15) is 16.9 Å². The van der Waals surface area contributed by atoms with E-state index in [0.717, 1.165) is 0 Å². The highest BCUT2D eigenvalue weighted by Crippen LogP contribution is 2.15. The highest BCUT2D eigenvalue weighted by atomic mass is 16.6. The van der Waals surface area contributed by atoms with Crippen molar-refractivity contribution in [2.24, 2.45) is 0 Å². The predicted octanol–water partition coefficient (Wildman–Crippen LogP) is 1.11. The van der Waals surface area contributed by atoms with Crippen molar-refractivity contribution in [1.29, 1.82) is 0 Å². The minimum absolute atomic E-state index is 0.0673. The van der Waals surface area contributed by atoms with Crippen molar-refractivity contribution in [3.63, 3.8) is 0 Å². The lowest BCUT2D eigenvalue weighted by Crippen LogP contribution is -2.61. The van der Waals surface area contributed by atoms with E-state index in [1.807, 2.05) is 0 Å². The molecule has 1 aromatic carbocycles. The van der Waals surface area contributed by atoms with Gasteiger partial charge in [-0.1, -0.05) is 0 Å². The van der Waals surface area contributed by atoms with Crippen LogP contribution in [0.15, 0.2) is 24.3 Å². The second-order valence-electron chi connectivity index (χ2n) is 6.24. The third-order valence-corrected chi connectivity index (χ3v) is 2.78. The zero-order valence-corrected chi connectivity index (χ0v) is 13.6. The number of carbonyl (C=O) groups is 2. The number of hydrogen-bond donors (Lipinski definition) is 5. The van der Waals surface area contributed by atoms with Crippen molar-refractivity contribution >= 4 is 17.7 Å². The number of aliphatic hydroxyl groups is 1. The SMILES string of the molecule is CC(C)(C)OC(=O)NNC(C)(CO)C(=O)Nc1ccc(O)cc1. The summed E-state index contributed by atoms with van der Waals surface area (Å²) in [6, 6.07) is 5.84. The molecule has 0 radical (unpaired) electrons. The van der Waals surface area contributed by atoms with E-state index in [9.17, 15) is 19.8 Å². The monoisotopic (exact) mass is 325 g/mol. The summed E-state index contributed by atoms with van der Waals surface area (Å²) in [6.07, 6.45) is -0.769. The minimum atomic E-state index is -1.46. The van der Waals surface area contributed by atoms with E-state index in [4.69, 9.17) is 4.74 Å². The first kappa shape index (κ1) is 18.7. The molecule has 0 heterocycles. The molecular formula is C15H23N3O5. The number of rotatable bonds is 5. The summed E-state index contributed by atoms with van der Waals surface area (Å²) in [6.45, 7) is 5.97. The average molecular weight is 325 g/mol. The number of phenols is 1. The fourth-order valence-corrected chi connectivity index (χ4v) is 1.47. The van der Waals surface area contributed by atoms with Gasteiger partial charge in [-0.3, -0.25) is 10.2 Å². The number of benzene rings is 1. The smallest absolute Gasteiger partial charge is 0.422 e. The first-order valence-corrected chi connectivity index (χ1v) is 7.03. The number of ether oxygens (including phenoxy) is 1. The van der Waals surface area contributed by atoms with Crippen molar-refractivity contribution < 1.29 is 24.5 Å². The summed E-state index contributed by atoms with van der Waals surface area (Å²) < 4.78 is 5.04. The highest BCUT2D eigenvalue weighted by molar-refractivity contribution is 5.98. The van der Waals surface area contributed by atoms with Crippen molar-refractivity contribution in [2.75, 3.05) is 11.9 Å². The number of amides is 2. The molecule has 0 saturated carbocycles. The number of hydrogen-bond acceptors (Lipinski definition) is 6. The normalized spacial score (nSPS) is 13.8. The van der Waals surface area contributed by atoms with Gasteiger partial charge in [0.05, 0.1) is 6.61 Å². The Labute approximate surface area is 134 Å². The van der Waals surface area contributed by atoms with Crippen molar-refractivity contribution in [3.8, 4) is 5.75 Å². The maximum atomic E-state index is 12.3. The molecule has 5 N–H and O–H groups in total. The summed E-state index contributed by atoms with van der Waals surface area (Å²) in [5.41, 5.74) is 2.99. The zero-order chi connectivity index (χ0) is 17.7. The van der Waals surface area contributed by atoms with Crippen LogP contribution in [0.25, 0.3) is 0 Å². The Morgan fingerprint density at radius 2 is 1.70 bits per heavy atom. The third kappa shape index (κ3) is 6.13. The zero-order valence-electron chi connectivity index (χ0n) is 13.6. The van der Waals surface area contributed by atoms with Gasteiger partial charge in [-0.25, -0.2) is 10.2 Å². The molecule has 0 spiro atoms. The Bertz CT molecular complexity index is 553.